The quantitative estimate of drug-likeness (QED) is 0.402. The average Bonchev–Trinajstić information content (AvgIpc) is 3.48. The summed E-state index contributed by atoms with van der Waals surface area (Å²) in [4.78, 5) is 22.3. The van der Waals surface area contributed by atoms with Gasteiger partial charge in [-0.25, -0.2) is 14.4 Å². The molecule has 1 saturated heterocycles. The number of hydrogen-bond donors (Lipinski definition) is 3. The van der Waals surface area contributed by atoms with Crippen molar-refractivity contribution in [1.29, 1.82) is 0 Å². The molecule has 0 spiro atoms. The summed E-state index contributed by atoms with van der Waals surface area (Å²) in [7, 11) is 1.77. The normalized spacial score (nSPS) is 24.4. The van der Waals surface area contributed by atoms with Crippen LogP contribution in [0.2, 0.25) is 0 Å². The molecule has 182 valence electrons. The van der Waals surface area contributed by atoms with Gasteiger partial charge in [0.05, 0.1) is 36.7 Å². The summed E-state index contributed by atoms with van der Waals surface area (Å²) in [6.07, 6.45) is 5.36. The molecular weight excluding hydrogens is 453 g/mol. The zero-order chi connectivity index (χ0) is 24.1. The molecular formula is C24H26FN7O3. The lowest BCUT2D eigenvalue weighted by Crippen LogP contribution is -2.50. The molecule has 2 aliphatic rings. The number of carbonyl (C=O) groups is 1. The maximum absolute atomic E-state index is 14.8. The van der Waals surface area contributed by atoms with Gasteiger partial charge in [0.25, 0.3) is 5.91 Å². The molecule has 1 aliphatic heterocycles. The first kappa shape index (κ1) is 21.9. The molecule has 1 amide bonds. The van der Waals surface area contributed by atoms with E-state index in [1.54, 1.807) is 17.8 Å². The highest BCUT2D eigenvalue weighted by Crippen LogP contribution is 2.35. The Morgan fingerprint density at radius 1 is 1.29 bits per heavy atom. The topological polar surface area (TPSA) is 119 Å². The van der Waals surface area contributed by atoms with Crippen LogP contribution >= 0.6 is 0 Å². The highest BCUT2D eigenvalue weighted by atomic mass is 19.1. The van der Waals surface area contributed by atoms with Crippen molar-refractivity contribution in [3.63, 3.8) is 0 Å². The third kappa shape index (κ3) is 3.62. The van der Waals surface area contributed by atoms with E-state index in [1.165, 1.54) is 6.20 Å². The van der Waals surface area contributed by atoms with Gasteiger partial charge in [-0.15, -0.1) is 0 Å². The smallest absolute Gasteiger partial charge is 0.257 e. The molecule has 1 aliphatic carbocycles. The number of amides is 1. The number of fused-ring (bicyclic) bond motifs is 2. The van der Waals surface area contributed by atoms with Crippen LogP contribution in [-0.4, -0.2) is 73.7 Å². The summed E-state index contributed by atoms with van der Waals surface area (Å²) < 4.78 is 23.5. The number of pyridine rings is 1. The first-order chi connectivity index (χ1) is 17.0. The Kier molecular flexibility index (Phi) is 5.37. The van der Waals surface area contributed by atoms with E-state index in [1.807, 2.05) is 29.0 Å². The SMILES string of the molecule is CNc1cc(-c2cn([C@@H]3CCOC[C@H]3F)c3ncccc23)nc2c(C(=O)NC3CCC3O)cnn12. The Labute approximate surface area is 200 Å². The van der Waals surface area contributed by atoms with Crippen molar-refractivity contribution in [2.24, 2.45) is 0 Å². The highest BCUT2D eigenvalue weighted by molar-refractivity contribution is 6.01. The minimum absolute atomic E-state index is 0.0601. The number of aromatic nitrogens is 5. The molecule has 5 heterocycles. The Morgan fingerprint density at radius 3 is 2.91 bits per heavy atom. The predicted molar refractivity (Wildman–Crippen MR) is 127 cm³/mol. The van der Waals surface area contributed by atoms with Crippen molar-refractivity contribution >= 4 is 28.4 Å². The molecule has 35 heavy (non-hydrogen) atoms. The van der Waals surface area contributed by atoms with Crippen LogP contribution in [0.25, 0.3) is 27.9 Å². The van der Waals surface area contributed by atoms with Gasteiger partial charge in [0.2, 0.25) is 0 Å². The fraction of sp³-hybridized carbons (Fsp3) is 0.417. The van der Waals surface area contributed by atoms with Gasteiger partial charge in [-0.1, -0.05) is 0 Å². The number of rotatable bonds is 5. The largest absolute Gasteiger partial charge is 0.391 e. The lowest BCUT2D eigenvalue weighted by atomic mass is 9.89. The van der Waals surface area contributed by atoms with Gasteiger partial charge in [-0.2, -0.15) is 9.61 Å². The van der Waals surface area contributed by atoms with Crippen molar-refractivity contribution in [2.75, 3.05) is 25.6 Å². The molecule has 0 radical (unpaired) electrons. The summed E-state index contributed by atoms with van der Waals surface area (Å²) in [5.74, 6) is 0.314. The number of nitrogens with zero attached hydrogens (tertiary/aromatic N) is 5. The Morgan fingerprint density at radius 2 is 2.17 bits per heavy atom. The van der Waals surface area contributed by atoms with Gasteiger partial charge in [-0.05, 0) is 31.4 Å². The van der Waals surface area contributed by atoms with Crippen molar-refractivity contribution in [1.82, 2.24) is 29.5 Å². The van der Waals surface area contributed by atoms with Crippen LogP contribution in [-0.2, 0) is 4.74 Å². The van der Waals surface area contributed by atoms with Crippen LogP contribution in [0.3, 0.4) is 0 Å². The van der Waals surface area contributed by atoms with Crippen LogP contribution in [0.15, 0.2) is 36.8 Å². The summed E-state index contributed by atoms with van der Waals surface area (Å²) in [6, 6.07) is 4.98. The van der Waals surface area contributed by atoms with E-state index in [2.05, 4.69) is 20.7 Å². The van der Waals surface area contributed by atoms with Gasteiger partial charge in [0.15, 0.2) is 5.65 Å². The molecule has 4 aromatic heterocycles. The maximum atomic E-state index is 14.8. The van der Waals surface area contributed by atoms with Crippen LogP contribution in [0.5, 0.6) is 0 Å². The molecule has 6 rings (SSSR count). The zero-order valence-electron chi connectivity index (χ0n) is 19.2. The van der Waals surface area contributed by atoms with E-state index >= 15 is 0 Å². The Hall–Kier alpha value is -3.57. The van der Waals surface area contributed by atoms with E-state index < -0.39 is 12.3 Å². The predicted octanol–water partition coefficient (Wildman–Crippen LogP) is 2.34. The fourth-order valence-electron chi connectivity index (χ4n) is 4.88. The Balaban J connectivity index is 1.47. The molecule has 2 fully saturated rings. The molecule has 4 atom stereocenters. The van der Waals surface area contributed by atoms with E-state index in [4.69, 9.17) is 9.72 Å². The Bertz CT molecular complexity index is 1420. The second-order valence-electron chi connectivity index (χ2n) is 9.07. The van der Waals surface area contributed by atoms with Crippen molar-refractivity contribution in [3.8, 4) is 11.3 Å². The maximum Gasteiger partial charge on any atom is 0.257 e. The van der Waals surface area contributed by atoms with Gasteiger partial charge in [0, 0.05) is 43.1 Å². The number of aliphatic hydroxyl groups excluding tert-OH is 1. The second-order valence-corrected chi connectivity index (χ2v) is 9.07. The van der Waals surface area contributed by atoms with Gasteiger partial charge in [-0.3, -0.25) is 4.79 Å². The number of carbonyl (C=O) groups excluding carboxylic acids is 1. The van der Waals surface area contributed by atoms with E-state index in [0.29, 0.717) is 47.8 Å². The average molecular weight is 480 g/mol. The molecule has 0 aromatic carbocycles. The van der Waals surface area contributed by atoms with Crippen molar-refractivity contribution in [2.45, 2.75) is 43.6 Å². The van der Waals surface area contributed by atoms with E-state index in [9.17, 15) is 14.3 Å². The van der Waals surface area contributed by atoms with Gasteiger partial charge < -0.3 is 25.0 Å². The number of hydrogen-bond acceptors (Lipinski definition) is 7. The summed E-state index contributed by atoms with van der Waals surface area (Å²) in [5, 5.41) is 21.0. The van der Waals surface area contributed by atoms with Crippen LogP contribution in [0, 0.1) is 0 Å². The van der Waals surface area contributed by atoms with E-state index in [0.717, 1.165) is 17.4 Å². The number of alkyl halides is 1. The standard InChI is InChI=1S/C24H26FN7O3/c1-26-21-9-18(29-23-14(10-28-32(21)23)24(34)30-17-4-5-20(17)33)15-11-31(19-6-8-35-12-16(19)25)22-13(15)3-2-7-27-22/h2-3,7,9-11,16-17,19-20,26,33H,4-6,8,12H2,1H3,(H,30,34)/t16-,17?,19-,20?/m1/s1. The minimum Gasteiger partial charge on any atom is -0.391 e. The van der Waals surface area contributed by atoms with Crippen LogP contribution in [0.4, 0.5) is 10.2 Å². The lowest BCUT2D eigenvalue weighted by molar-refractivity contribution is 0.00443. The second kappa shape index (κ2) is 8.58. The number of nitrogens with one attached hydrogen (secondary N) is 2. The summed E-state index contributed by atoms with van der Waals surface area (Å²) in [5.41, 5.74) is 2.78. The minimum atomic E-state index is -1.13. The third-order valence-corrected chi connectivity index (χ3v) is 7.00. The zero-order valence-corrected chi connectivity index (χ0v) is 19.2. The number of halogens is 1. The van der Waals surface area contributed by atoms with Crippen LogP contribution < -0.4 is 10.6 Å². The summed E-state index contributed by atoms with van der Waals surface area (Å²) in [6.45, 7) is 0.551. The highest BCUT2D eigenvalue weighted by Gasteiger charge is 2.32. The first-order valence-corrected chi connectivity index (χ1v) is 11.8. The van der Waals surface area contributed by atoms with Gasteiger partial charge >= 0.3 is 0 Å². The number of aliphatic hydroxyl groups is 1. The first-order valence-electron chi connectivity index (χ1n) is 11.8. The molecule has 4 aromatic rings. The molecule has 0 bridgehead atoms. The number of ether oxygens (including phenoxy) is 1. The molecule has 3 N–H and O–H groups in total. The van der Waals surface area contributed by atoms with Gasteiger partial charge in [0.1, 0.15) is 23.2 Å². The fourth-order valence-corrected chi connectivity index (χ4v) is 4.88. The van der Waals surface area contributed by atoms with Crippen molar-refractivity contribution in [3.05, 3.63) is 42.4 Å². The molecule has 1 saturated carbocycles. The molecule has 2 unspecified atom stereocenters. The van der Waals surface area contributed by atoms with Crippen LogP contribution in [0.1, 0.15) is 35.7 Å². The van der Waals surface area contributed by atoms with E-state index in [-0.39, 0.29) is 24.6 Å². The lowest BCUT2D eigenvalue weighted by Gasteiger charge is -2.32. The monoisotopic (exact) mass is 479 g/mol. The molecule has 10 nitrogen and oxygen atoms in total. The third-order valence-electron chi connectivity index (χ3n) is 7.00. The summed E-state index contributed by atoms with van der Waals surface area (Å²) >= 11 is 0. The molecule has 11 heteroatoms. The van der Waals surface area contributed by atoms with Crippen molar-refractivity contribution < 1.29 is 19.0 Å². The number of anilines is 1.